The standard InChI is InChI=1S/C11H17NO/c1-2-3-7-12-11-6-4-5-10(8-11)9-13/h4-6,8,12-13H,2-3,7,9H2,1H3. The highest BCUT2D eigenvalue weighted by molar-refractivity contribution is 5.45. The van der Waals surface area contributed by atoms with Gasteiger partial charge in [-0.05, 0) is 24.1 Å². The molecule has 0 saturated carbocycles. The second-order valence-corrected chi connectivity index (χ2v) is 3.14. The molecule has 0 aliphatic rings. The summed E-state index contributed by atoms with van der Waals surface area (Å²) in [7, 11) is 0. The Morgan fingerprint density at radius 3 is 2.92 bits per heavy atom. The van der Waals surface area contributed by atoms with Crippen LogP contribution in [0.3, 0.4) is 0 Å². The average molecular weight is 179 g/mol. The van der Waals surface area contributed by atoms with Crippen molar-refractivity contribution in [3.63, 3.8) is 0 Å². The minimum absolute atomic E-state index is 0.114. The number of unbranched alkanes of at least 4 members (excludes halogenated alkanes) is 1. The first-order valence-electron chi connectivity index (χ1n) is 4.80. The van der Waals surface area contributed by atoms with Crippen LogP contribution < -0.4 is 5.32 Å². The molecule has 13 heavy (non-hydrogen) atoms. The molecule has 1 rings (SSSR count). The van der Waals surface area contributed by atoms with Gasteiger partial charge in [0.2, 0.25) is 0 Å². The molecule has 2 N–H and O–H groups in total. The van der Waals surface area contributed by atoms with Crippen LogP contribution in [0.25, 0.3) is 0 Å². The Kier molecular flexibility index (Phi) is 4.33. The van der Waals surface area contributed by atoms with Crippen molar-refractivity contribution in [1.29, 1.82) is 0 Å². The molecule has 0 aliphatic carbocycles. The van der Waals surface area contributed by atoms with Gasteiger partial charge in [0, 0.05) is 12.2 Å². The maximum Gasteiger partial charge on any atom is 0.0682 e. The van der Waals surface area contributed by atoms with E-state index >= 15 is 0 Å². The van der Waals surface area contributed by atoms with Crippen molar-refractivity contribution in [2.24, 2.45) is 0 Å². The molecule has 2 nitrogen and oxygen atoms in total. The van der Waals surface area contributed by atoms with Crippen molar-refractivity contribution in [1.82, 2.24) is 0 Å². The van der Waals surface area contributed by atoms with Crippen LogP contribution in [0.15, 0.2) is 24.3 Å². The van der Waals surface area contributed by atoms with Gasteiger partial charge in [0.25, 0.3) is 0 Å². The third-order valence-corrected chi connectivity index (χ3v) is 1.97. The van der Waals surface area contributed by atoms with E-state index in [4.69, 9.17) is 5.11 Å². The van der Waals surface area contributed by atoms with Crippen molar-refractivity contribution < 1.29 is 5.11 Å². The summed E-state index contributed by atoms with van der Waals surface area (Å²) < 4.78 is 0. The molecule has 72 valence electrons. The molecule has 0 atom stereocenters. The lowest BCUT2D eigenvalue weighted by atomic mass is 10.2. The van der Waals surface area contributed by atoms with Crippen LogP contribution in [0.1, 0.15) is 25.3 Å². The van der Waals surface area contributed by atoms with Gasteiger partial charge in [-0.25, -0.2) is 0 Å². The molecule has 0 aromatic heterocycles. The Hall–Kier alpha value is -1.02. The summed E-state index contributed by atoms with van der Waals surface area (Å²) >= 11 is 0. The number of aliphatic hydroxyl groups is 1. The minimum atomic E-state index is 0.114. The van der Waals surface area contributed by atoms with Gasteiger partial charge in [0.05, 0.1) is 6.61 Å². The fourth-order valence-electron chi connectivity index (χ4n) is 1.19. The van der Waals surface area contributed by atoms with Crippen LogP contribution >= 0.6 is 0 Å². The first kappa shape index (κ1) is 10.1. The Labute approximate surface area is 79.6 Å². The zero-order chi connectivity index (χ0) is 9.52. The van der Waals surface area contributed by atoms with Gasteiger partial charge in [-0.15, -0.1) is 0 Å². The number of rotatable bonds is 5. The maximum absolute atomic E-state index is 8.91. The summed E-state index contributed by atoms with van der Waals surface area (Å²) in [6.45, 7) is 3.29. The first-order chi connectivity index (χ1) is 6.36. The second-order valence-electron chi connectivity index (χ2n) is 3.14. The monoisotopic (exact) mass is 179 g/mol. The molecule has 0 bridgehead atoms. The van der Waals surface area contributed by atoms with Crippen LogP contribution in [0.2, 0.25) is 0 Å². The molecule has 0 radical (unpaired) electrons. The number of aliphatic hydroxyl groups excluding tert-OH is 1. The zero-order valence-corrected chi connectivity index (χ0v) is 8.09. The molecule has 1 aromatic carbocycles. The minimum Gasteiger partial charge on any atom is -0.392 e. The normalized spacial score (nSPS) is 10.0. The maximum atomic E-state index is 8.91. The molecular weight excluding hydrogens is 162 g/mol. The smallest absolute Gasteiger partial charge is 0.0682 e. The third kappa shape index (κ3) is 3.47. The van der Waals surface area contributed by atoms with Gasteiger partial charge in [0.15, 0.2) is 0 Å². The van der Waals surface area contributed by atoms with Gasteiger partial charge in [-0.2, -0.15) is 0 Å². The van der Waals surface area contributed by atoms with Crippen molar-refractivity contribution in [3.05, 3.63) is 29.8 Å². The van der Waals surface area contributed by atoms with Crippen LogP contribution in [-0.2, 0) is 6.61 Å². The number of hydrogen-bond donors (Lipinski definition) is 2. The van der Waals surface area contributed by atoms with E-state index in [1.54, 1.807) is 0 Å². The quantitative estimate of drug-likeness (QED) is 0.680. The molecule has 1 aromatic rings. The number of hydrogen-bond acceptors (Lipinski definition) is 2. The summed E-state index contributed by atoms with van der Waals surface area (Å²) in [5.74, 6) is 0. The molecule has 0 fully saturated rings. The fourth-order valence-corrected chi connectivity index (χ4v) is 1.19. The third-order valence-electron chi connectivity index (χ3n) is 1.97. The van der Waals surface area contributed by atoms with Gasteiger partial charge in [-0.1, -0.05) is 25.5 Å². The summed E-state index contributed by atoms with van der Waals surface area (Å²) in [5, 5.41) is 12.2. The highest BCUT2D eigenvalue weighted by atomic mass is 16.3. The van der Waals surface area contributed by atoms with Gasteiger partial charge in [0.1, 0.15) is 0 Å². The van der Waals surface area contributed by atoms with Crippen LogP contribution in [0, 0.1) is 0 Å². The van der Waals surface area contributed by atoms with E-state index < -0.39 is 0 Å². The molecule has 2 heteroatoms. The van der Waals surface area contributed by atoms with E-state index in [2.05, 4.69) is 12.2 Å². The van der Waals surface area contributed by atoms with Crippen molar-refractivity contribution >= 4 is 5.69 Å². The van der Waals surface area contributed by atoms with E-state index in [0.717, 1.165) is 17.8 Å². The fraction of sp³-hybridized carbons (Fsp3) is 0.455. The highest BCUT2D eigenvalue weighted by Gasteiger charge is 1.93. The lowest BCUT2D eigenvalue weighted by Gasteiger charge is -2.06. The van der Waals surface area contributed by atoms with Gasteiger partial charge in [-0.3, -0.25) is 0 Å². The molecule has 0 unspecified atom stereocenters. The van der Waals surface area contributed by atoms with Crippen molar-refractivity contribution in [2.45, 2.75) is 26.4 Å². The summed E-state index contributed by atoms with van der Waals surface area (Å²) in [6, 6.07) is 7.88. The number of anilines is 1. The Morgan fingerprint density at radius 2 is 2.23 bits per heavy atom. The largest absolute Gasteiger partial charge is 0.392 e. The van der Waals surface area contributed by atoms with E-state index in [-0.39, 0.29) is 6.61 Å². The molecule has 0 heterocycles. The van der Waals surface area contributed by atoms with E-state index in [0.29, 0.717) is 0 Å². The summed E-state index contributed by atoms with van der Waals surface area (Å²) in [4.78, 5) is 0. The second kappa shape index (κ2) is 5.60. The van der Waals surface area contributed by atoms with Gasteiger partial charge >= 0.3 is 0 Å². The SMILES string of the molecule is CCCCNc1cccc(CO)c1. The molecule has 0 spiro atoms. The molecule has 0 aliphatic heterocycles. The first-order valence-corrected chi connectivity index (χ1v) is 4.80. The lowest BCUT2D eigenvalue weighted by molar-refractivity contribution is 0.282. The predicted octanol–water partition coefficient (Wildman–Crippen LogP) is 2.39. The molecule has 0 saturated heterocycles. The van der Waals surface area contributed by atoms with Crippen molar-refractivity contribution in [2.75, 3.05) is 11.9 Å². The topological polar surface area (TPSA) is 32.3 Å². The molecular formula is C11H17NO. The van der Waals surface area contributed by atoms with Crippen LogP contribution in [-0.4, -0.2) is 11.7 Å². The van der Waals surface area contributed by atoms with E-state index in [9.17, 15) is 0 Å². The lowest BCUT2D eigenvalue weighted by Crippen LogP contribution is -2.00. The summed E-state index contributed by atoms with van der Waals surface area (Å²) in [5.41, 5.74) is 2.06. The van der Waals surface area contributed by atoms with E-state index in [1.165, 1.54) is 12.8 Å². The molecule has 0 amide bonds. The zero-order valence-electron chi connectivity index (χ0n) is 8.09. The highest BCUT2D eigenvalue weighted by Crippen LogP contribution is 2.10. The van der Waals surface area contributed by atoms with Gasteiger partial charge < -0.3 is 10.4 Å². The Bertz CT molecular complexity index is 248. The Balaban J connectivity index is 2.46. The van der Waals surface area contributed by atoms with Crippen molar-refractivity contribution in [3.8, 4) is 0 Å². The average Bonchev–Trinajstić information content (AvgIpc) is 2.19. The predicted molar refractivity (Wildman–Crippen MR) is 55.8 cm³/mol. The van der Waals surface area contributed by atoms with E-state index in [1.807, 2.05) is 24.3 Å². The van der Waals surface area contributed by atoms with Crippen LogP contribution in [0.4, 0.5) is 5.69 Å². The number of nitrogens with one attached hydrogen (secondary N) is 1. The van der Waals surface area contributed by atoms with Crippen LogP contribution in [0.5, 0.6) is 0 Å². The summed E-state index contributed by atoms with van der Waals surface area (Å²) in [6.07, 6.45) is 2.38. The Morgan fingerprint density at radius 1 is 1.38 bits per heavy atom. The number of benzene rings is 1.